The molecule has 1 heteroatoms. The number of benzene rings is 1. The molecule has 17 heavy (non-hydrogen) atoms. The molecule has 0 saturated heterocycles. The summed E-state index contributed by atoms with van der Waals surface area (Å²) in [6.45, 7) is 2.26. The maximum Gasteiger partial charge on any atom is 0.0247 e. The average Bonchev–Trinajstić information content (AvgIpc) is 2.35. The van der Waals surface area contributed by atoms with Gasteiger partial charge in [0.25, 0.3) is 0 Å². The van der Waals surface area contributed by atoms with E-state index in [0.29, 0.717) is 0 Å². The van der Waals surface area contributed by atoms with Crippen molar-refractivity contribution in [2.24, 2.45) is 0 Å². The van der Waals surface area contributed by atoms with Gasteiger partial charge in [-0.15, -0.1) is 0 Å². The van der Waals surface area contributed by atoms with Crippen molar-refractivity contribution in [2.75, 3.05) is 0 Å². The van der Waals surface area contributed by atoms with E-state index in [1.54, 1.807) is 0 Å². The van der Waals surface area contributed by atoms with Gasteiger partial charge in [0.05, 0.1) is 0 Å². The second-order valence-corrected chi connectivity index (χ2v) is 5.33. The van der Waals surface area contributed by atoms with E-state index in [9.17, 15) is 0 Å². The van der Waals surface area contributed by atoms with E-state index in [4.69, 9.17) is 0 Å². The van der Waals surface area contributed by atoms with E-state index >= 15 is 0 Å². The van der Waals surface area contributed by atoms with Gasteiger partial charge in [-0.25, -0.2) is 0 Å². The van der Waals surface area contributed by atoms with E-state index < -0.39 is 0 Å². The van der Waals surface area contributed by atoms with E-state index in [0.717, 1.165) is 0 Å². The van der Waals surface area contributed by atoms with Crippen LogP contribution in [0.4, 0.5) is 0 Å². The van der Waals surface area contributed by atoms with Crippen LogP contribution in [0.3, 0.4) is 0 Å². The van der Waals surface area contributed by atoms with Crippen LogP contribution in [-0.4, -0.2) is 0 Å². The Morgan fingerprint density at radius 3 is 2.47 bits per heavy atom. The Morgan fingerprint density at radius 1 is 1.00 bits per heavy atom. The zero-order chi connectivity index (χ0) is 12.3. The summed E-state index contributed by atoms with van der Waals surface area (Å²) in [7, 11) is 0. The fraction of sp³-hybridized carbons (Fsp3) is 0.500. The molecular weight excluding hydrogens is 272 g/mol. The van der Waals surface area contributed by atoms with E-state index in [2.05, 4.69) is 59.3 Å². The molecule has 0 amide bonds. The molecule has 0 atom stereocenters. The summed E-state index contributed by atoms with van der Waals surface area (Å²) < 4.78 is 1.18. The van der Waals surface area contributed by atoms with Crippen molar-refractivity contribution in [1.82, 2.24) is 0 Å². The van der Waals surface area contributed by atoms with Crippen LogP contribution in [0.15, 0.2) is 34.8 Å². The predicted octanol–water partition coefficient (Wildman–Crippen LogP) is 6.21. The van der Waals surface area contributed by atoms with Crippen molar-refractivity contribution < 1.29 is 0 Å². The maximum atomic E-state index is 3.56. The SMILES string of the molecule is CCCCCCCC/C=C/c1ccccc1Br. The van der Waals surface area contributed by atoms with Crippen LogP contribution in [0, 0.1) is 0 Å². The molecule has 0 aromatic heterocycles. The highest BCUT2D eigenvalue weighted by molar-refractivity contribution is 9.10. The van der Waals surface area contributed by atoms with Crippen molar-refractivity contribution >= 4 is 22.0 Å². The van der Waals surface area contributed by atoms with Crippen LogP contribution in [0.5, 0.6) is 0 Å². The third kappa shape index (κ3) is 6.68. The minimum atomic E-state index is 1.18. The lowest BCUT2D eigenvalue weighted by Gasteiger charge is -1.99. The van der Waals surface area contributed by atoms with E-state index in [1.165, 1.54) is 55.0 Å². The molecule has 0 unspecified atom stereocenters. The Hall–Kier alpha value is -0.560. The van der Waals surface area contributed by atoms with Gasteiger partial charge >= 0.3 is 0 Å². The highest BCUT2D eigenvalue weighted by atomic mass is 79.9. The third-order valence-electron chi connectivity index (χ3n) is 2.93. The van der Waals surface area contributed by atoms with Gasteiger partial charge in [-0.05, 0) is 24.5 Å². The maximum absolute atomic E-state index is 3.56. The molecule has 0 fully saturated rings. The van der Waals surface area contributed by atoms with Gasteiger partial charge in [-0.3, -0.25) is 0 Å². The lowest BCUT2D eigenvalue weighted by Crippen LogP contribution is -1.78. The summed E-state index contributed by atoms with van der Waals surface area (Å²) in [5.41, 5.74) is 1.28. The fourth-order valence-corrected chi connectivity index (χ4v) is 2.28. The molecule has 0 heterocycles. The molecule has 0 aliphatic carbocycles. The second kappa shape index (κ2) is 9.47. The Labute approximate surface area is 114 Å². The summed E-state index contributed by atoms with van der Waals surface area (Å²) >= 11 is 3.56. The van der Waals surface area contributed by atoms with Gasteiger partial charge in [-0.1, -0.05) is 85.3 Å². The predicted molar refractivity (Wildman–Crippen MR) is 81.2 cm³/mol. The first-order valence-corrected chi connectivity index (χ1v) is 7.55. The molecule has 1 aromatic rings. The average molecular weight is 295 g/mol. The number of hydrogen-bond donors (Lipinski definition) is 0. The monoisotopic (exact) mass is 294 g/mol. The topological polar surface area (TPSA) is 0 Å². The Morgan fingerprint density at radius 2 is 1.71 bits per heavy atom. The largest absolute Gasteiger partial charge is 0.0839 e. The minimum absolute atomic E-state index is 1.18. The first-order chi connectivity index (χ1) is 8.34. The smallest absolute Gasteiger partial charge is 0.0247 e. The minimum Gasteiger partial charge on any atom is -0.0839 e. The summed E-state index contributed by atoms with van der Waals surface area (Å²) in [5, 5.41) is 0. The fourth-order valence-electron chi connectivity index (χ4n) is 1.86. The van der Waals surface area contributed by atoms with Crippen molar-refractivity contribution in [3.8, 4) is 0 Å². The van der Waals surface area contributed by atoms with Crippen LogP contribution in [0.25, 0.3) is 6.08 Å². The molecule has 1 rings (SSSR count). The molecule has 0 nitrogen and oxygen atoms in total. The van der Waals surface area contributed by atoms with Gasteiger partial charge in [0.1, 0.15) is 0 Å². The second-order valence-electron chi connectivity index (χ2n) is 4.48. The molecule has 0 bridgehead atoms. The van der Waals surface area contributed by atoms with Crippen LogP contribution >= 0.6 is 15.9 Å². The standard InChI is InChI=1S/C16H23Br/c1-2-3-4-5-6-7-8-9-12-15-13-10-11-14-16(15)17/h9-14H,2-8H2,1H3/b12-9+. The summed E-state index contributed by atoms with van der Waals surface area (Å²) in [5.74, 6) is 0. The zero-order valence-electron chi connectivity index (χ0n) is 10.8. The van der Waals surface area contributed by atoms with Gasteiger partial charge in [-0.2, -0.15) is 0 Å². The van der Waals surface area contributed by atoms with Crippen LogP contribution in [0.2, 0.25) is 0 Å². The van der Waals surface area contributed by atoms with Crippen molar-refractivity contribution in [3.63, 3.8) is 0 Å². The first kappa shape index (κ1) is 14.5. The number of halogens is 1. The van der Waals surface area contributed by atoms with Gasteiger partial charge in [0.2, 0.25) is 0 Å². The molecule has 1 aromatic carbocycles. The molecular formula is C16H23Br. The van der Waals surface area contributed by atoms with Crippen molar-refractivity contribution in [3.05, 3.63) is 40.4 Å². The summed E-state index contributed by atoms with van der Waals surface area (Å²) in [6.07, 6.45) is 13.9. The quantitative estimate of drug-likeness (QED) is 0.500. The summed E-state index contributed by atoms with van der Waals surface area (Å²) in [6, 6.07) is 8.36. The van der Waals surface area contributed by atoms with Crippen molar-refractivity contribution in [1.29, 1.82) is 0 Å². The molecule has 0 aliphatic rings. The number of hydrogen-bond acceptors (Lipinski definition) is 0. The van der Waals surface area contributed by atoms with Gasteiger partial charge in [0.15, 0.2) is 0 Å². The highest BCUT2D eigenvalue weighted by Crippen LogP contribution is 2.17. The van der Waals surface area contributed by atoms with Gasteiger partial charge < -0.3 is 0 Å². The molecule has 0 radical (unpaired) electrons. The molecule has 0 aliphatic heterocycles. The highest BCUT2D eigenvalue weighted by Gasteiger charge is 1.92. The van der Waals surface area contributed by atoms with Crippen LogP contribution in [-0.2, 0) is 0 Å². The Bertz CT molecular complexity index is 328. The number of unbranched alkanes of at least 4 members (excludes halogenated alkanes) is 6. The lowest BCUT2D eigenvalue weighted by atomic mass is 10.1. The zero-order valence-corrected chi connectivity index (χ0v) is 12.4. The van der Waals surface area contributed by atoms with Gasteiger partial charge in [0, 0.05) is 4.47 Å². The third-order valence-corrected chi connectivity index (χ3v) is 3.65. The normalized spacial score (nSPS) is 11.2. The molecule has 0 N–H and O–H groups in total. The molecule has 0 spiro atoms. The number of rotatable bonds is 8. The Kier molecular flexibility index (Phi) is 8.08. The van der Waals surface area contributed by atoms with Crippen molar-refractivity contribution in [2.45, 2.75) is 51.9 Å². The summed E-state index contributed by atoms with van der Waals surface area (Å²) in [4.78, 5) is 0. The van der Waals surface area contributed by atoms with Crippen LogP contribution < -0.4 is 0 Å². The molecule has 94 valence electrons. The number of allylic oxidation sites excluding steroid dienone is 1. The van der Waals surface area contributed by atoms with Crippen LogP contribution in [0.1, 0.15) is 57.4 Å². The molecule has 0 saturated carbocycles. The van der Waals surface area contributed by atoms with E-state index in [-0.39, 0.29) is 0 Å². The van der Waals surface area contributed by atoms with E-state index in [1.807, 2.05) is 0 Å². The Balaban J connectivity index is 2.12. The first-order valence-electron chi connectivity index (χ1n) is 6.75. The lowest BCUT2D eigenvalue weighted by molar-refractivity contribution is 0.611.